The molecule has 0 aliphatic carbocycles. The Hall–Kier alpha value is -1.54. The van der Waals surface area contributed by atoms with Crippen molar-refractivity contribution in [3.05, 3.63) is 55.3 Å². The van der Waals surface area contributed by atoms with Crippen LogP contribution in [0.2, 0.25) is 0 Å². The molecule has 0 aliphatic rings. The zero-order valence-corrected chi connectivity index (χ0v) is 12.4. The first-order valence-corrected chi connectivity index (χ1v) is 6.58. The molecular formula is C11H6Br2FN3O2. The van der Waals surface area contributed by atoms with Crippen LogP contribution >= 0.6 is 31.9 Å². The van der Waals surface area contributed by atoms with Gasteiger partial charge in [-0.2, -0.15) is 0 Å². The quantitative estimate of drug-likeness (QED) is 0.623. The standard InChI is InChI=1S/C11H6Br2FN3O2/c12-6-4-9(17(18)19)11(15-5-6)16-10-7(13)2-1-3-8(10)14/h1-5H,(H,15,16). The van der Waals surface area contributed by atoms with Gasteiger partial charge in [0.25, 0.3) is 0 Å². The predicted molar refractivity (Wildman–Crippen MR) is 76.0 cm³/mol. The molecule has 1 aromatic heterocycles. The summed E-state index contributed by atoms with van der Waals surface area (Å²) in [6.45, 7) is 0. The molecule has 0 atom stereocenters. The highest BCUT2D eigenvalue weighted by Gasteiger charge is 2.18. The number of anilines is 2. The molecule has 5 nitrogen and oxygen atoms in total. The number of hydrogen-bond acceptors (Lipinski definition) is 4. The van der Waals surface area contributed by atoms with E-state index in [9.17, 15) is 14.5 Å². The van der Waals surface area contributed by atoms with Gasteiger partial charge in [0.1, 0.15) is 5.82 Å². The van der Waals surface area contributed by atoms with Crippen LogP contribution in [0, 0.1) is 15.9 Å². The van der Waals surface area contributed by atoms with Crippen LogP contribution in [0.4, 0.5) is 21.6 Å². The molecule has 0 saturated carbocycles. The lowest BCUT2D eigenvalue weighted by Gasteiger charge is -2.09. The minimum Gasteiger partial charge on any atom is -0.331 e. The highest BCUT2D eigenvalue weighted by molar-refractivity contribution is 9.10. The summed E-state index contributed by atoms with van der Waals surface area (Å²) >= 11 is 6.27. The molecule has 0 radical (unpaired) electrons. The van der Waals surface area contributed by atoms with E-state index in [1.807, 2.05) is 0 Å². The summed E-state index contributed by atoms with van der Waals surface area (Å²) in [7, 11) is 0. The lowest BCUT2D eigenvalue weighted by molar-refractivity contribution is -0.384. The smallest absolute Gasteiger partial charge is 0.312 e. The second-order valence-corrected chi connectivity index (χ2v) is 5.27. The van der Waals surface area contributed by atoms with Crippen molar-refractivity contribution in [2.24, 2.45) is 0 Å². The van der Waals surface area contributed by atoms with Crippen LogP contribution in [0.25, 0.3) is 0 Å². The third-order valence-corrected chi connectivity index (χ3v) is 3.33. The number of nitrogens with one attached hydrogen (secondary N) is 1. The fourth-order valence-corrected chi connectivity index (χ4v) is 2.16. The van der Waals surface area contributed by atoms with Gasteiger partial charge < -0.3 is 5.32 Å². The summed E-state index contributed by atoms with van der Waals surface area (Å²) in [6, 6.07) is 5.69. The first kappa shape index (κ1) is 13.9. The third kappa shape index (κ3) is 3.07. The van der Waals surface area contributed by atoms with Gasteiger partial charge in [-0.25, -0.2) is 9.37 Å². The van der Waals surface area contributed by atoms with Gasteiger partial charge in [0.05, 0.1) is 10.6 Å². The summed E-state index contributed by atoms with van der Waals surface area (Å²) < 4.78 is 14.6. The zero-order valence-electron chi connectivity index (χ0n) is 9.23. The van der Waals surface area contributed by atoms with Gasteiger partial charge in [-0.05, 0) is 44.0 Å². The van der Waals surface area contributed by atoms with Crippen molar-refractivity contribution in [1.82, 2.24) is 4.98 Å². The molecule has 2 rings (SSSR count). The molecule has 19 heavy (non-hydrogen) atoms. The van der Waals surface area contributed by atoms with Gasteiger partial charge in [-0.15, -0.1) is 0 Å². The summed E-state index contributed by atoms with van der Waals surface area (Å²) in [5.41, 5.74) is -0.148. The van der Waals surface area contributed by atoms with E-state index >= 15 is 0 Å². The number of pyridine rings is 1. The largest absolute Gasteiger partial charge is 0.331 e. The maximum Gasteiger partial charge on any atom is 0.312 e. The number of nitrogens with zero attached hydrogens (tertiary/aromatic N) is 2. The van der Waals surface area contributed by atoms with E-state index in [1.54, 1.807) is 6.07 Å². The first-order valence-electron chi connectivity index (χ1n) is 5.00. The molecule has 2 aromatic rings. The summed E-state index contributed by atoms with van der Waals surface area (Å²) in [4.78, 5) is 14.2. The van der Waals surface area contributed by atoms with E-state index in [0.717, 1.165) is 0 Å². The molecule has 0 saturated heterocycles. The topological polar surface area (TPSA) is 68.1 Å². The Labute approximate surface area is 124 Å². The molecule has 1 aromatic carbocycles. The SMILES string of the molecule is O=[N+]([O-])c1cc(Br)cnc1Nc1c(F)cccc1Br. The molecule has 0 spiro atoms. The maximum absolute atomic E-state index is 13.6. The van der Waals surface area contributed by atoms with E-state index in [0.29, 0.717) is 8.95 Å². The van der Waals surface area contributed by atoms with Crippen LogP contribution in [0.1, 0.15) is 0 Å². The summed E-state index contributed by atoms with van der Waals surface area (Å²) in [6.07, 6.45) is 1.39. The average Bonchev–Trinajstić information content (AvgIpc) is 2.35. The van der Waals surface area contributed by atoms with E-state index in [1.165, 1.54) is 24.4 Å². The normalized spacial score (nSPS) is 10.3. The van der Waals surface area contributed by atoms with Gasteiger partial charge in [0.2, 0.25) is 5.82 Å². The zero-order chi connectivity index (χ0) is 14.0. The Morgan fingerprint density at radius 3 is 2.74 bits per heavy atom. The number of nitro groups is 1. The minimum atomic E-state index is -0.588. The number of para-hydroxylation sites is 1. The fraction of sp³-hybridized carbons (Fsp3) is 0. The van der Waals surface area contributed by atoms with Crippen molar-refractivity contribution in [2.75, 3.05) is 5.32 Å². The van der Waals surface area contributed by atoms with Crippen LogP contribution in [-0.4, -0.2) is 9.91 Å². The fourth-order valence-electron chi connectivity index (χ4n) is 1.40. The number of hydrogen-bond donors (Lipinski definition) is 1. The molecule has 0 amide bonds. The molecule has 98 valence electrons. The van der Waals surface area contributed by atoms with Crippen LogP contribution in [0.5, 0.6) is 0 Å². The Bertz CT molecular complexity index is 632. The van der Waals surface area contributed by atoms with Crippen molar-refractivity contribution in [1.29, 1.82) is 0 Å². The van der Waals surface area contributed by atoms with Gasteiger partial charge in [-0.3, -0.25) is 10.1 Å². The molecule has 0 unspecified atom stereocenters. The number of halogens is 3. The molecule has 0 aliphatic heterocycles. The van der Waals surface area contributed by atoms with Crippen molar-refractivity contribution >= 4 is 49.1 Å². The van der Waals surface area contributed by atoms with Crippen molar-refractivity contribution in [3.63, 3.8) is 0 Å². The van der Waals surface area contributed by atoms with Crippen molar-refractivity contribution < 1.29 is 9.31 Å². The Morgan fingerprint density at radius 1 is 1.37 bits per heavy atom. The monoisotopic (exact) mass is 389 g/mol. The van der Waals surface area contributed by atoms with Crippen molar-refractivity contribution in [2.45, 2.75) is 0 Å². The lowest BCUT2D eigenvalue weighted by Crippen LogP contribution is -2.01. The molecule has 1 heterocycles. The van der Waals surface area contributed by atoms with Crippen molar-refractivity contribution in [3.8, 4) is 0 Å². The van der Waals surface area contributed by atoms with Crippen LogP contribution in [-0.2, 0) is 0 Å². The van der Waals surface area contributed by atoms with Crippen LogP contribution in [0.15, 0.2) is 39.4 Å². The molecule has 8 heteroatoms. The first-order chi connectivity index (χ1) is 8.99. The van der Waals surface area contributed by atoms with E-state index in [4.69, 9.17) is 0 Å². The lowest BCUT2D eigenvalue weighted by atomic mass is 10.3. The van der Waals surface area contributed by atoms with E-state index in [-0.39, 0.29) is 17.2 Å². The second kappa shape index (κ2) is 5.62. The Kier molecular flexibility index (Phi) is 4.11. The minimum absolute atomic E-state index is 0.0287. The summed E-state index contributed by atoms with van der Waals surface area (Å²) in [5.74, 6) is -0.563. The van der Waals surface area contributed by atoms with Crippen LogP contribution < -0.4 is 5.32 Å². The van der Waals surface area contributed by atoms with Gasteiger partial charge in [0, 0.05) is 21.2 Å². The predicted octanol–water partition coefficient (Wildman–Crippen LogP) is 4.40. The van der Waals surface area contributed by atoms with Gasteiger partial charge in [0.15, 0.2) is 0 Å². The molecule has 0 fully saturated rings. The van der Waals surface area contributed by atoms with Crippen LogP contribution in [0.3, 0.4) is 0 Å². The highest BCUT2D eigenvalue weighted by Crippen LogP contribution is 2.32. The Morgan fingerprint density at radius 2 is 2.11 bits per heavy atom. The molecule has 1 N–H and O–H groups in total. The Balaban J connectivity index is 2.47. The van der Waals surface area contributed by atoms with E-state index < -0.39 is 10.7 Å². The summed E-state index contributed by atoms with van der Waals surface area (Å²) in [5, 5.41) is 13.6. The van der Waals surface area contributed by atoms with Gasteiger partial charge >= 0.3 is 5.69 Å². The number of aromatic nitrogens is 1. The third-order valence-electron chi connectivity index (χ3n) is 2.24. The highest BCUT2D eigenvalue weighted by atomic mass is 79.9. The molecular weight excluding hydrogens is 385 g/mol. The number of rotatable bonds is 3. The molecule has 0 bridgehead atoms. The maximum atomic E-state index is 13.6. The number of benzene rings is 1. The van der Waals surface area contributed by atoms with Gasteiger partial charge in [-0.1, -0.05) is 6.07 Å². The second-order valence-electron chi connectivity index (χ2n) is 3.50. The van der Waals surface area contributed by atoms with E-state index in [2.05, 4.69) is 42.2 Å². The average molecular weight is 391 g/mol.